The van der Waals surface area contributed by atoms with Gasteiger partial charge in [0.25, 0.3) is 0 Å². The van der Waals surface area contributed by atoms with Crippen LogP contribution >= 0.6 is 0 Å². The molecule has 2 aromatic carbocycles. The standard InChI is InChI=1S/C50H62O10/c1-31-37(59-44(55)58-31)28-57-40(53)29-56-30-48(5)38-18-21-50(7)42(47(38,4)20-19-39(48)52)36(51)26-34-35-27-46(3,23-22-45(35,2)24-25-49(34,50)6)43(54)60-41(32-14-10-8-11-15-32)33-16-12-9-13-17-33/h8-17,26,35,38-39,41-42,52H,18-25,27-30H2,1-7H3/t35-,38+,39-,42+,45+,46-,47-,48-,49+,50+/m0/s1. The number of rotatable bonds is 10. The average molecular weight is 823 g/mol. The number of allylic oxidation sites excluding steroid dienone is 2. The van der Waals surface area contributed by atoms with Gasteiger partial charge in [-0.05, 0) is 122 Å². The first-order valence-corrected chi connectivity index (χ1v) is 21.9. The van der Waals surface area contributed by atoms with Gasteiger partial charge in [-0.15, -0.1) is 0 Å². The first-order chi connectivity index (χ1) is 28.4. The lowest BCUT2D eigenvalue weighted by Crippen LogP contribution is -2.67. The summed E-state index contributed by atoms with van der Waals surface area (Å²) in [4.78, 5) is 53.7. The highest BCUT2D eigenvalue weighted by atomic mass is 16.6. The van der Waals surface area contributed by atoms with Gasteiger partial charge < -0.3 is 28.2 Å². The second kappa shape index (κ2) is 15.3. The zero-order chi connectivity index (χ0) is 42.9. The van der Waals surface area contributed by atoms with Crippen molar-refractivity contribution in [1.82, 2.24) is 0 Å². The largest absolute Gasteiger partial charge is 0.519 e. The number of aliphatic hydroxyl groups is 1. The Hall–Kier alpha value is -4.28. The fourth-order valence-electron chi connectivity index (χ4n) is 13.3. The molecule has 0 amide bonds. The van der Waals surface area contributed by atoms with Gasteiger partial charge in [-0.2, -0.15) is 0 Å². The fraction of sp³-hybridized carbons (Fsp3) is 0.600. The van der Waals surface area contributed by atoms with Crippen molar-refractivity contribution in [2.24, 2.45) is 50.2 Å². The smallest absolute Gasteiger partial charge is 0.456 e. The van der Waals surface area contributed by atoms with Gasteiger partial charge in [0.2, 0.25) is 0 Å². The van der Waals surface area contributed by atoms with Gasteiger partial charge >= 0.3 is 17.8 Å². The van der Waals surface area contributed by atoms with E-state index in [1.807, 2.05) is 73.7 Å². The molecule has 10 nitrogen and oxygen atoms in total. The van der Waals surface area contributed by atoms with Gasteiger partial charge in [0.1, 0.15) is 6.61 Å². The van der Waals surface area contributed by atoms with Crippen LogP contribution < -0.4 is 5.82 Å². The zero-order valence-corrected chi connectivity index (χ0v) is 36.3. The van der Waals surface area contributed by atoms with Crippen molar-refractivity contribution >= 4 is 17.7 Å². The molecule has 8 rings (SSSR count). The van der Waals surface area contributed by atoms with E-state index in [1.54, 1.807) is 6.92 Å². The highest BCUT2D eigenvalue weighted by Crippen LogP contribution is 2.75. The van der Waals surface area contributed by atoms with Gasteiger partial charge in [0.05, 0.1) is 18.1 Å². The fourth-order valence-corrected chi connectivity index (χ4v) is 13.3. The molecule has 0 bridgehead atoms. The Morgan fingerprint density at radius 2 is 1.48 bits per heavy atom. The Bertz CT molecular complexity index is 2170. The highest BCUT2D eigenvalue weighted by Gasteiger charge is 2.71. The molecule has 4 saturated carbocycles. The number of fused-ring (bicyclic) bond motifs is 7. The van der Waals surface area contributed by atoms with Crippen molar-refractivity contribution in [1.29, 1.82) is 0 Å². The van der Waals surface area contributed by atoms with Crippen LogP contribution in [-0.4, -0.2) is 42.1 Å². The normalized spacial score (nSPS) is 37.2. The Morgan fingerprint density at radius 1 is 0.833 bits per heavy atom. The number of aryl methyl sites for hydroxylation is 1. The molecule has 5 aliphatic rings. The van der Waals surface area contributed by atoms with Crippen molar-refractivity contribution in [3.63, 3.8) is 0 Å². The molecule has 322 valence electrons. The van der Waals surface area contributed by atoms with Crippen LogP contribution in [0.1, 0.15) is 128 Å². The lowest BCUT2D eigenvalue weighted by atomic mass is 9.33. The quantitative estimate of drug-likeness (QED) is 0.197. The molecular formula is C50H62O10. The number of esters is 2. The number of hydrogen-bond acceptors (Lipinski definition) is 10. The summed E-state index contributed by atoms with van der Waals surface area (Å²) >= 11 is 0. The number of ether oxygens (including phenoxy) is 3. The van der Waals surface area contributed by atoms with Crippen molar-refractivity contribution in [2.75, 3.05) is 13.2 Å². The third kappa shape index (κ3) is 6.84. The summed E-state index contributed by atoms with van der Waals surface area (Å²) in [6.45, 7) is 14.6. The van der Waals surface area contributed by atoms with Crippen LogP contribution in [0.15, 0.2) is 85.9 Å². The molecule has 0 radical (unpaired) electrons. The van der Waals surface area contributed by atoms with Crippen LogP contribution in [0, 0.1) is 57.2 Å². The number of carbonyl (C=O) groups is 3. The highest BCUT2D eigenvalue weighted by molar-refractivity contribution is 5.95. The minimum atomic E-state index is -0.856. The Labute approximate surface area is 353 Å². The lowest BCUT2D eigenvalue weighted by molar-refractivity contribution is -0.217. The average Bonchev–Trinajstić information content (AvgIpc) is 3.55. The molecule has 3 aromatic rings. The Balaban J connectivity index is 1.03. The molecule has 10 atom stereocenters. The van der Waals surface area contributed by atoms with E-state index in [0.29, 0.717) is 19.3 Å². The van der Waals surface area contributed by atoms with E-state index in [1.165, 1.54) is 5.57 Å². The predicted octanol–water partition coefficient (Wildman–Crippen LogP) is 9.26. The van der Waals surface area contributed by atoms with Crippen LogP contribution in [0.4, 0.5) is 0 Å². The van der Waals surface area contributed by atoms with Crippen LogP contribution in [0.3, 0.4) is 0 Å². The van der Waals surface area contributed by atoms with Crippen LogP contribution in [0.2, 0.25) is 0 Å². The molecule has 0 spiro atoms. The van der Waals surface area contributed by atoms with Crippen molar-refractivity contribution in [3.05, 3.63) is 106 Å². The van der Waals surface area contributed by atoms with Gasteiger partial charge in [-0.3, -0.25) is 9.59 Å². The van der Waals surface area contributed by atoms with Crippen LogP contribution in [0.5, 0.6) is 0 Å². The molecule has 5 aliphatic carbocycles. The number of aliphatic hydroxyl groups excluding tert-OH is 1. The SMILES string of the molecule is Cc1oc(=O)oc1COC(=O)COC[C@@]1(C)[C@@H]2CC[C@]3(C)[C@H](C(=O)C=C4[C@@H]5C[C@@](C)(C(=O)OC(c6ccccc6)c6ccccc6)CC[C@]5(C)CC[C@]43C)[C@@]2(C)CC[C@@H]1O. The molecule has 4 fully saturated rings. The maximum absolute atomic E-state index is 15.1. The number of carbonyl (C=O) groups excluding carboxylic acids is 3. The van der Waals surface area contributed by atoms with Crippen molar-refractivity contribution in [3.8, 4) is 0 Å². The van der Waals surface area contributed by atoms with Crippen LogP contribution in [0.25, 0.3) is 0 Å². The van der Waals surface area contributed by atoms with Gasteiger partial charge in [0.15, 0.2) is 30.0 Å². The third-order valence-corrected chi connectivity index (χ3v) is 17.1. The van der Waals surface area contributed by atoms with Gasteiger partial charge in [0, 0.05) is 11.3 Å². The van der Waals surface area contributed by atoms with E-state index in [9.17, 15) is 19.5 Å². The molecule has 0 aliphatic heterocycles. The topological polar surface area (TPSA) is 142 Å². The maximum atomic E-state index is 15.1. The molecule has 1 N–H and O–H groups in total. The van der Waals surface area contributed by atoms with Crippen molar-refractivity contribution in [2.45, 2.75) is 125 Å². The molecule has 10 heteroatoms. The summed E-state index contributed by atoms with van der Waals surface area (Å²) in [7, 11) is 0. The summed E-state index contributed by atoms with van der Waals surface area (Å²) in [5, 5.41) is 11.6. The molecule has 1 aromatic heterocycles. The van der Waals surface area contributed by atoms with Crippen LogP contribution in [-0.2, 0) is 35.2 Å². The summed E-state index contributed by atoms with van der Waals surface area (Å²) in [6, 6.07) is 19.9. The molecule has 0 unspecified atom stereocenters. The Morgan fingerprint density at radius 3 is 2.12 bits per heavy atom. The summed E-state index contributed by atoms with van der Waals surface area (Å²) in [6.07, 6.45) is 7.94. The molecule has 60 heavy (non-hydrogen) atoms. The van der Waals surface area contributed by atoms with Crippen molar-refractivity contribution < 1.29 is 42.5 Å². The second-order valence-electron chi connectivity index (χ2n) is 20.5. The summed E-state index contributed by atoms with van der Waals surface area (Å²) in [5.41, 5.74) is 0.599. The summed E-state index contributed by atoms with van der Waals surface area (Å²) in [5.74, 6) is -1.35. The van der Waals surface area contributed by atoms with E-state index in [4.69, 9.17) is 23.0 Å². The van der Waals surface area contributed by atoms with E-state index in [2.05, 4.69) is 34.6 Å². The van der Waals surface area contributed by atoms with Gasteiger partial charge in [-0.25, -0.2) is 9.59 Å². The van der Waals surface area contributed by atoms with E-state index in [0.717, 1.165) is 49.7 Å². The molecule has 0 saturated heterocycles. The third-order valence-electron chi connectivity index (χ3n) is 17.1. The zero-order valence-electron chi connectivity index (χ0n) is 36.3. The predicted molar refractivity (Wildman–Crippen MR) is 223 cm³/mol. The molecular weight excluding hydrogens is 761 g/mol. The minimum absolute atomic E-state index is 0.0306. The summed E-state index contributed by atoms with van der Waals surface area (Å²) < 4.78 is 27.6. The van der Waals surface area contributed by atoms with E-state index in [-0.39, 0.29) is 77.1 Å². The minimum Gasteiger partial charge on any atom is -0.456 e. The lowest BCUT2D eigenvalue weighted by Gasteiger charge is -2.70. The monoisotopic (exact) mass is 822 g/mol. The first-order valence-electron chi connectivity index (χ1n) is 21.9. The van der Waals surface area contributed by atoms with Gasteiger partial charge in [-0.1, -0.05) is 101 Å². The molecule has 1 heterocycles. The van der Waals surface area contributed by atoms with E-state index < -0.39 is 40.2 Å². The Kier molecular flexibility index (Phi) is 10.8. The number of ketones is 1. The first kappa shape index (κ1) is 42.4. The number of benzene rings is 2. The maximum Gasteiger partial charge on any atom is 0.519 e. The number of hydrogen-bond donors (Lipinski definition) is 1. The second-order valence-corrected chi connectivity index (χ2v) is 20.5. The van der Waals surface area contributed by atoms with E-state index >= 15 is 4.79 Å².